The lowest BCUT2D eigenvalue weighted by Gasteiger charge is -2.05. The van der Waals surface area contributed by atoms with Crippen LogP contribution in [0, 0.1) is 0 Å². The Bertz CT molecular complexity index is 421. The first-order valence-corrected chi connectivity index (χ1v) is 7.25. The molecule has 5 nitrogen and oxygen atoms in total. The van der Waals surface area contributed by atoms with E-state index in [-0.39, 0.29) is 6.54 Å². The van der Waals surface area contributed by atoms with Gasteiger partial charge in [-0.2, -0.15) is 0 Å². The van der Waals surface area contributed by atoms with Gasteiger partial charge in [0.05, 0.1) is 18.5 Å². The van der Waals surface area contributed by atoms with Crippen molar-refractivity contribution in [3.8, 4) is 0 Å². The zero-order chi connectivity index (χ0) is 12.2. The second-order valence-electron chi connectivity index (χ2n) is 3.82. The van der Waals surface area contributed by atoms with Gasteiger partial charge >= 0.3 is 0 Å². The minimum Gasteiger partial charge on any atom is -0.360 e. The lowest BCUT2D eigenvalue weighted by Crippen LogP contribution is -2.20. The van der Waals surface area contributed by atoms with E-state index in [1.807, 2.05) is 6.07 Å². The van der Waals surface area contributed by atoms with Crippen molar-refractivity contribution in [2.24, 2.45) is 0 Å². The molecule has 1 N–H and O–H groups in total. The third kappa shape index (κ3) is 3.94. The van der Waals surface area contributed by atoms with Crippen LogP contribution < -0.4 is 4.72 Å². The van der Waals surface area contributed by atoms with Gasteiger partial charge in [-0.1, -0.05) is 19.0 Å². The first kappa shape index (κ1) is 13.2. The topological polar surface area (TPSA) is 72.2 Å². The monoisotopic (exact) mass is 246 g/mol. The van der Waals surface area contributed by atoms with Gasteiger partial charge < -0.3 is 4.52 Å². The van der Waals surface area contributed by atoms with Gasteiger partial charge in [0.2, 0.25) is 10.0 Å². The molecular weight excluding hydrogens is 228 g/mol. The zero-order valence-electron chi connectivity index (χ0n) is 9.86. The fourth-order valence-corrected chi connectivity index (χ4v) is 1.92. The molecule has 0 aliphatic heterocycles. The van der Waals surface area contributed by atoms with E-state index in [2.05, 4.69) is 23.7 Å². The van der Waals surface area contributed by atoms with E-state index in [1.165, 1.54) is 0 Å². The Balaban J connectivity index is 2.64. The Morgan fingerprint density at radius 3 is 2.56 bits per heavy atom. The number of hydrogen-bond acceptors (Lipinski definition) is 4. The summed E-state index contributed by atoms with van der Waals surface area (Å²) in [5, 5.41) is 3.95. The second kappa shape index (κ2) is 5.45. The van der Waals surface area contributed by atoms with Crippen molar-refractivity contribution in [1.29, 1.82) is 0 Å². The molecule has 0 aromatic carbocycles. The third-order valence-electron chi connectivity index (χ3n) is 2.49. The van der Waals surface area contributed by atoms with E-state index in [4.69, 9.17) is 4.52 Å². The van der Waals surface area contributed by atoms with E-state index in [0.717, 1.165) is 24.8 Å². The van der Waals surface area contributed by atoms with Gasteiger partial charge in [-0.3, -0.25) is 0 Å². The summed E-state index contributed by atoms with van der Waals surface area (Å²) < 4.78 is 29.2. The van der Waals surface area contributed by atoms with E-state index < -0.39 is 10.0 Å². The van der Waals surface area contributed by atoms with Crippen molar-refractivity contribution in [2.75, 3.05) is 6.26 Å². The summed E-state index contributed by atoms with van der Waals surface area (Å²) >= 11 is 0. The van der Waals surface area contributed by atoms with Crippen LogP contribution in [0.25, 0.3) is 0 Å². The van der Waals surface area contributed by atoms with Crippen molar-refractivity contribution in [1.82, 2.24) is 9.88 Å². The molecule has 0 spiro atoms. The van der Waals surface area contributed by atoms with Crippen molar-refractivity contribution < 1.29 is 12.9 Å². The molecule has 0 bridgehead atoms. The second-order valence-corrected chi connectivity index (χ2v) is 5.66. The van der Waals surface area contributed by atoms with Crippen LogP contribution in [0.15, 0.2) is 10.6 Å². The molecule has 1 rings (SSSR count). The maximum Gasteiger partial charge on any atom is 0.209 e. The molecule has 1 heterocycles. The maximum absolute atomic E-state index is 10.9. The maximum atomic E-state index is 10.9. The lowest BCUT2D eigenvalue weighted by molar-refractivity contribution is 0.368. The minimum absolute atomic E-state index is 0.159. The highest BCUT2D eigenvalue weighted by molar-refractivity contribution is 7.88. The van der Waals surface area contributed by atoms with Crippen LogP contribution in [0.4, 0.5) is 0 Å². The zero-order valence-corrected chi connectivity index (χ0v) is 10.7. The van der Waals surface area contributed by atoms with Gasteiger partial charge in [0.25, 0.3) is 0 Å². The average Bonchev–Trinajstić information content (AvgIpc) is 2.65. The number of aromatic nitrogens is 1. The molecular formula is C10H18N2O3S. The SMILES string of the molecule is CCC(CC)c1cc(CNS(C)(=O)=O)on1. The quantitative estimate of drug-likeness (QED) is 0.828. The summed E-state index contributed by atoms with van der Waals surface area (Å²) in [6.45, 7) is 4.35. The predicted octanol–water partition coefficient (Wildman–Crippen LogP) is 1.63. The third-order valence-corrected chi connectivity index (χ3v) is 3.16. The van der Waals surface area contributed by atoms with Crippen molar-refractivity contribution >= 4 is 10.0 Å². The fraction of sp³-hybridized carbons (Fsp3) is 0.700. The Labute approximate surface area is 96.3 Å². The molecule has 1 aromatic heterocycles. The standard InChI is InChI=1S/C10H18N2O3S/c1-4-8(5-2)10-6-9(15-12-10)7-11-16(3,13)14/h6,8,11H,4-5,7H2,1-3H3. The van der Waals surface area contributed by atoms with Crippen LogP contribution in [0.2, 0.25) is 0 Å². The van der Waals surface area contributed by atoms with E-state index in [0.29, 0.717) is 11.7 Å². The van der Waals surface area contributed by atoms with Crippen LogP contribution in [0.3, 0.4) is 0 Å². The molecule has 16 heavy (non-hydrogen) atoms. The Morgan fingerprint density at radius 1 is 1.44 bits per heavy atom. The molecule has 0 fully saturated rings. The molecule has 0 saturated carbocycles. The van der Waals surface area contributed by atoms with Crippen molar-refractivity contribution in [3.63, 3.8) is 0 Å². The molecule has 92 valence electrons. The van der Waals surface area contributed by atoms with Crippen LogP contribution in [0.5, 0.6) is 0 Å². The highest BCUT2D eigenvalue weighted by Crippen LogP contribution is 2.22. The number of sulfonamides is 1. The highest BCUT2D eigenvalue weighted by Gasteiger charge is 2.13. The van der Waals surface area contributed by atoms with Gasteiger partial charge in [-0.25, -0.2) is 13.1 Å². The number of nitrogens with one attached hydrogen (secondary N) is 1. The Kier molecular flexibility index (Phi) is 4.49. The molecule has 0 aliphatic carbocycles. The van der Waals surface area contributed by atoms with Gasteiger partial charge in [0.15, 0.2) is 5.76 Å². The number of hydrogen-bond donors (Lipinski definition) is 1. The normalized spacial score (nSPS) is 12.2. The summed E-state index contributed by atoms with van der Waals surface area (Å²) in [6, 6.07) is 1.82. The predicted molar refractivity (Wildman–Crippen MR) is 61.5 cm³/mol. The molecule has 0 radical (unpaired) electrons. The van der Waals surface area contributed by atoms with Gasteiger partial charge in [0.1, 0.15) is 0 Å². The first-order valence-electron chi connectivity index (χ1n) is 5.36. The van der Waals surface area contributed by atoms with Crippen molar-refractivity contribution in [2.45, 2.75) is 39.2 Å². The van der Waals surface area contributed by atoms with E-state index in [1.54, 1.807) is 0 Å². The summed E-state index contributed by atoms with van der Waals surface area (Å²) in [6.07, 6.45) is 3.12. The summed E-state index contributed by atoms with van der Waals surface area (Å²) in [4.78, 5) is 0. The smallest absolute Gasteiger partial charge is 0.209 e. The molecule has 0 unspecified atom stereocenters. The molecule has 0 amide bonds. The fourth-order valence-electron chi connectivity index (χ4n) is 1.51. The average molecular weight is 246 g/mol. The number of nitrogens with zero attached hydrogens (tertiary/aromatic N) is 1. The van der Waals surface area contributed by atoms with Crippen LogP contribution in [-0.2, 0) is 16.6 Å². The van der Waals surface area contributed by atoms with E-state index in [9.17, 15) is 8.42 Å². The molecule has 0 atom stereocenters. The first-order chi connectivity index (χ1) is 7.46. The minimum atomic E-state index is -3.18. The molecule has 0 aliphatic rings. The number of rotatable bonds is 6. The van der Waals surface area contributed by atoms with E-state index >= 15 is 0 Å². The highest BCUT2D eigenvalue weighted by atomic mass is 32.2. The molecule has 1 aromatic rings. The largest absolute Gasteiger partial charge is 0.360 e. The van der Waals surface area contributed by atoms with Gasteiger partial charge in [0, 0.05) is 12.0 Å². The summed E-state index contributed by atoms with van der Waals surface area (Å²) in [5.74, 6) is 0.933. The summed E-state index contributed by atoms with van der Waals surface area (Å²) in [7, 11) is -3.18. The van der Waals surface area contributed by atoms with Crippen LogP contribution in [-0.4, -0.2) is 19.8 Å². The molecule has 6 heteroatoms. The van der Waals surface area contributed by atoms with Gasteiger partial charge in [-0.05, 0) is 12.8 Å². The van der Waals surface area contributed by atoms with Gasteiger partial charge in [-0.15, -0.1) is 0 Å². The Hall–Kier alpha value is -0.880. The summed E-state index contributed by atoms with van der Waals surface area (Å²) in [5.41, 5.74) is 0.898. The molecule has 0 saturated heterocycles. The van der Waals surface area contributed by atoms with Crippen LogP contribution >= 0.6 is 0 Å². The lowest BCUT2D eigenvalue weighted by atomic mass is 9.99. The van der Waals surface area contributed by atoms with Crippen LogP contribution in [0.1, 0.15) is 44.1 Å². The van der Waals surface area contributed by atoms with Crippen molar-refractivity contribution in [3.05, 3.63) is 17.5 Å². The Morgan fingerprint density at radius 2 is 2.06 bits per heavy atom.